The molecule has 1 aliphatic heterocycles. The van der Waals surface area contributed by atoms with Crippen LogP contribution in [0.3, 0.4) is 0 Å². The Morgan fingerprint density at radius 1 is 1.12 bits per heavy atom. The first-order valence-corrected chi connectivity index (χ1v) is 11.4. The Labute approximate surface area is 185 Å². The minimum Gasteiger partial charge on any atom is -0.368 e. The average molecular weight is 462 g/mol. The number of amides is 2. The number of halogens is 1. The highest BCUT2D eigenvalue weighted by Crippen LogP contribution is 2.25. The number of nitrogens with one attached hydrogen (secondary N) is 1. The fourth-order valence-electron chi connectivity index (χ4n) is 3.33. The second-order valence-electron chi connectivity index (χ2n) is 7.06. The minimum absolute atomic E-state index is 0.0209. The normalized spacial score (nSPS) is 16.2. The minimum atomic E-state index is -3.61. The van der Waals surface area contributed by atoms with Crippen LogP contribution in [0, 0.1) is 5.82 Å². The molecule has 0 aromatic heterocycles. The molecule has 1 aliphatic rings. The van der Waals surface area contributed by atoms with Crippen LogP contribution in [-0.4, -0.2) is 49.4 Å². The van der Waals surface area contributed by atoms with Crippen LogP contribution in [-0.2, 0) is 19.6 Å². The van der Waals surface area contributed by atoms with Gasteiger partial charge in [-0.15, -0.1) is 0 Å². The SMILES string of the molecule is CCN(CC)S(=O)(=O)c1ccc(NC(=O)C2=NN(c3ccc(F)cc3)C(C(N)=O)C2)cc1. The van der Waals surface area contributed by atoms with Gasteiger partial charge in [0.05, 0.1) is 10.6 Å². The molecule has 2 amide bonds. The molecule has 2 aromatic rings. The number of nitrogens with two attached hydrogens (primary N) is 1. The summed E-state index contributed by atoms with van der Waals surface area (Å²) in [6, 6.07) is 10.2. The van der Waals surface area contributed by atoms with Crippen molar-refractivity contribution < 1.29 is 22.4 Å². The van der Waals surface area contributed by atoms with E-state index in [1.54, 1.807) is 13.8 Å². The first-order chi connectivity index (χ1) is 15.2. The van der Waals surface area contributed by atoms with Crippen molar-refractivity contribution in [1.82, 2.24) is 4.31 Å². The quantitative estimate of drug-likeness (QED) is 0.621. The van der Waals surface area contributed by atoms with Crippen LogP contribution in [0.15, 0.2) is 58.5 Å². The molecular weight excluding hydrogens is 437 g/mol. The topological polar surface area (TPSA) is 125 Å². The molecule has 0 radical (unpaired) electrons. The molecule has 9 nitrogen and oxygen atoms in total. The van der Waals surface area contributed by atoms with Crippen molar-refractivity contribution in [1.29, 1.82) is 0 Å². The van der Waals surface area contributed by atoms with Crippen molar-refractivity contribution in [2.75, 3.05) is 23.4 Å². The first kappa shape index (κ1) is 23.4. The van der Waals surface area contributed by atoms with Gasteiger partial charge in [-0.05, 0) is 48.5 Å². The molecule has 11 heteroatoms. The zero-order chi connectivity index (χ0) is 23.5. The van der Waals surface area contributed by atoms with E-state index in [0.29, 0.717) is 24.5 Å². The van der Waals surface area contributed by atoms with Gasteiger partial charge in [-0.1, -0.05) is 13.8 Å². The molecule has 0 saturated heterocycles. The van der Waals surface area contributed by atoms with Crippen LogP contribution in [0.2, 0.25) is 0 Å². The smallest absolute Gasteiger partial charge is 0.271 e. The monoisotopic (exact) mass is 461 g/mol. The van der Waals surface area contributed by atoms with Crippen molar-refractivity contribution in [2.45, 2.75) is 31.2 Å². The molecule has 170 valence electrons. The predicted molar refractivity (Wildman–Crippen MR) is 119 cm³/mol. The molecule has 0 bridgehead atoms. The van der Waals surface area contributed by atoms with Gasteiger partial charge in [-0.25, -0.2) is 12.8 Å². The van der Waals surface area contributed by atoms with E-state index in [9.17, 15) is 22.4 Å². The largest absolute Gasteiger partial charge is 0.368 e. The molecule has 2 aromatic carbocycles. The Morgan fingerprint density at radius 2 is 1.72 bits per heavy atom. The van der Waals surface area contributed by atoms with E-state index in [4.69, 9.17) is 5.73 Å². The summed E-state index contributed by atoms with van der Waals surface area (Å²) < 4.78 is 39.7. The summed E-state index contributed by atoms with van der Waals surface area (Å²) in [4.78, 5) is 24.7. The van der Waals surface area contributed by atoms with Gasteiger partial charge in [0.2, 0.25) is 15.9 Å². The lowest BCUT2D eigenvalue weighted by atomic mass is 10.1. The summed E-state index contributed by atoms with van der Waals surface area (Å²) in [5, 5.41) is 8.13. The fraction of sp³-hybridized carbons (Fsp3) is 0.286. The van der Waals surface area contributed by atoms with Crippen molar-refractivity contribution in [2.24, 2.45) is 10.8 Å². The number of rotatable bonds is 8. The fourth-order valence-corrected chi connectivity index (χ4v) is 4.78. The maximum absolute atomic E-state index is 13.2. The molecule has 0 aliphatic carbocycles. The lowest BCUT2D eigenvalue weighted by Gasteiger charge is -2.20. The second kappa shape index (κ2) is 9.45. The van der Waals surface area contributed by atoms with Gasteiger partial charge in [-0.3, -0.25) is 14.6 Å². The van der Waals surface area contributed by atoms with E-state index < -0.39 is 33.7 Å². The standard InChI is InChI=1S/C21H24FN5O4S/c1-3-26(4-2)32(30,31)17-11-7-15(8-12-17)24-21(29)18-13-19(20(23)28)27(25-18)16-9-5-14(22)6-10-16/h5-12,19H,3-4,13H2,1-2H3,(H2,23,28)(H,24,29). The van der Waals surface area contributed by atoms with E-state index in [-0.39, 0.29) is 17.0 Å². The van der Waals surface area contributed by atoms with Crippen molar-refractivity contribution in [3.8, 4) is 0 Å². The zero-order valence-electron chi connectivity index (χ0n) is 17.7. The van der Waals surface area contributed by atoms with Gasteiger partial charge < -0.3 is 11.1 Å². The van der Waals surface area contributed by atoms with Crippen LogP contribution in [0.25, 0.3) is 0 Å². The third-order valence-electron chi connectivity index (χ3n) is 5.05. The highest BCUT2D eigenvalue weighted by atomic mass is 32.2. The molecule has 3 rings (SSSR count). The van der Waals surface area contributed by atoms with E-state index in [1.807, 2.05) is 0 Å². The summed E-state index contributed by atoms with van der Waals surface area (Å²) in [5.41, 5.74) is 6.31. The molecule has 1 atom stereocenters. The number of nitrogens with zero attached hydrogens (tertiary/aromatic N) is 3. The van der Waals surface area contributed by atoms with Crippen molar-refractivity contribution >= 4 is 38.9 Å². The summed E-state index contributed by atoms with van der Waals surface area (Å²) in [6.45, 7) is 4.21. The summed E-state index contributed by atoms with van der Waals surface area (Å²) in [5.74, 6) is -1.68. The van der Waals surface area contributed by atoms with Gasteiger partial charge in [0, 0.05) is 25.2 Å². The van der Waals surface area contributed by atoms with Crippen LogP contribution in [0.5, 0.6) is 0 Å². The lowest BCUT2D eigenvalue weighted by molar-refractivity contribution is -0.119. The highest BCUT2D eigenvalue weighted by Gasteiger charge is 2.35. The maximum atomic E-state index is 13.2. The van der Waals surface area contributed by atoms with E-state index in [0.717, 1.165) is 0 Å². The number of primary amides is 1. The maximum Gasteiger partial charge on any atom is 0.271 e. The Balaban J connectivity index is 1.77. The summed E-state index contributed by atoms with van der Waals surface area (Å²) >= 11 is 0. The summed E-state index contributed by atoms with van der Waals surface area (Å²) in [6.07, 6.45) is -0.0209. The molecule has 1 heterocycles. The lowest BCUT2D eigenvalue weighted by Crippen LogP contribution is -2.39. The number of hydrazone groups is 1. The molecule has 3 N–H and O–H groups in total. The molecule has 0 spiro atoms. The van der Waals surface area contributed by atoms with Crippen molar-refractivity contribution in [3.63, 3.8) is 0 Å². The van der Waals surface area contributed by atoms with E-state index in [1.165, 1.54) is 57.8 Å². The van der Waals surface area contributed by atoms with Crippen LogP contribution < -0.4 is 16.1 Å². The number of sulfonamides is 1. The Bertz CT molecular complexity index is 1130. The van der Waals surface area contributed by atoms with Gasteiger partial charge in [-0.2, -0.15) is 9.41 Å². The van der Waals surface area contributed by atoms with Crippen LogP contribution >= 0.6 is 0 Å². The number of carbonyl (C=O) groups excluding carboxylic acids is 2. The summed E-state index contributed by atoms with van der Waals surface area (Å²) in [7, 11) is -3.61. The van der Waals surface area contributed by atoms with Gasteiger partial charge in [0.25, 0.3) is 5.91 Å². The van der Waals surface area contributed by atoms with Crippen LogP contribution in [0.1, 0.15) is 20.3 Å². The van der Waals surface area contributed by atoms with E-state index >= 15 is 0 Å². The third kappa shape index (κ3) is 4.78. The van der Waals surface area contributed by atoms with E-state index in [2.05, 4.69) is 10.4 Å². The highest BCUT2D eigenvalue weighted by molar-refractivity contribution is 7.89. The third-order valence-corrected chi connectivity index (χ3v) is 7.11. The number of hydrogen-bond acceptors (Lipinski definition) is 6. The molecule has 0 saturated carbocycles. The first-order valence-electron chi connectivity index (χ1n) is 10.0. The van der Waals surface area contributed by atoms with Gasteiger partial charge in [0.1, 0.15) is 17.6 Å². The van der Waals surface area contributed by atoms with Crippen molar-refractivity contribution in [3.05, 3.63) is 54.3 Å². The number of carbonyl (C=O) groups is 2. The number of hydrogen-bond donors (Lipinski definition) is 2. The van der Waals surface area contributed by atoms with Gasteiger partial charge >= 0.3 is 0 Å². The zero-order valence-corrected chi connectivity index (χ0v) is 18.5. The molecule has 1 unspecified atom stereocenters. The Kier molecular flexibility index (Phi) is 6.90. The predicted octanol–water partition coefficient (Wildman–Crippen LogP) is 1.91. The molecule has 0 fully saturated rings. The molecule has 32 heavy (non-hydrogen) atoms. The molecular formula is C21H24FN5O4S. The average Bonchev–Trinajstić information content (AvgIpc) is 3.21. The Hall–Kier alpha value is -3.31. The van der Waals surface area contributed by atoms with Crippen LogP contribution in [0.4, 0.5) is 15.8 Å². The number of anilines is 2. The second-order valence-corrected chi connectivity index (χ2v) is 9.00. The Morgan fingerprint density at radius 3 is 2.25 bits per heavy atom. The van der Waals surface area contributed by atoms with Gasteiger partial charge in [0.15, 0.2) is 0 Å². The number of benzene rings is 2.